The highest BCUT2D eigenvalue weighted by molar-refractivity contribution is 5.87. The summed E-state index contributed by atoms with van der Waals surface area (Å²) in [6, 6.07) is 0. The first-order valence-corrected chi connectivity index (χ1v) is 3.82. The Morgan fingerprint density at radius 3 is 3.15 bits per heavy atom. The third kappa shape index (κ3) is 0.807. The molecule has 0 atom stereocenters. The van der Waals surface area contributed by atoms with Crippen molar-refractivity contribution in [3.63, 3.8) is 0 Å². The second-order valence-electron chi connectivity index (χ2n) is 2.66. The van der Waals surface area contributed by atoms with Gasteiger partial charge in [0, 0.05) is 18.6 Å². The van der Waals surface area contributed by atoms with Crippen LogP contribution in [0.5, 0.6) is 0 Å². The van der Waals surface area contributed by atoms with Gasteiger partial charge in [-0.05, 0) is 0 Å². The fourth-order valence-corrected chi connectivity index (χ4v) is 1.32. The van der Waals surface area contributed by atoms with E-state index in [9.17, 15) is 0 Å². The maximum absolute atomic E-state index is 4.19. The molecule has 0 amide bonds. The van der Waals surface area contributed by atoms with Gasteiger partial charge < -0.3 is 0 Å². The van der Waals surface area contributed by atoms with Crippen LogP contribution in [0.2, 0.25) is 0 Å². The van der Waals surface area contributed by atoms with Crippen LogP contribution in [0.15, 0.2) is 31.2 Å². The first kappa shape index (κ1) is 6.47. The molecule has 5 nitrogen and oxygen atoms in total. The lowest BCUT2D eigenvalue weighted by Crippen LogP contribution is -1.91. The predicted octanol–water partition coefficient (Wildman–Crippen LogP) is 0.672. The lowest BCUT2D eigenvalue weighted by Gasteiger charge is -1.96. The van der Waals surface area contributed by atoms with Crippen molar-refractivity contribution in [3.8, 4) is 0 Å². The third-order valence-electron chi connectivity index (χ3n) is 1.91. The van der Waals surface area contributed by atoms with E-state index in [-0.39, 0.29) is 0 Å². The fraction of sp³-hybridized carbons (Fsp3) is 0. The van der Waals surface area contributed by atoms with E-state index in [1.165, 1.54) is 6.33 Å². The molecule has 62 valence electrons. The molecule has 0 aliphatic rings. The van der Waals surface area contributed by atoms with Crippen molar-refractivity contribution < 1.29 is 0 Å². The van der Waals surface area contributed by atoms with Gasteiger partial charge in [-0.3, -0.25) is 4.40 Å². The van der Waals surface area contributed by atoms with E-state index >= 15 is 0 Å². The Bertz CT molecular complexity index is 571. The molecule has 3 aromatic rings. The van der Waals surface area contributed by atoms with Gasteiger partial charge in [-0.2, -0.15) is 0 Å². The quantitative estimate of drug-likeness (QED) is 0.499. The van der Waals surface area contributed by atoms with Gasteiger partial charge in [0.1, 0.15) is 12.7 Å². The number of hydrogen-bond donors (Lipinski definition) is 0. The molecule has 0 aromatic carbocycles. The summed E-state index contributed by atoms with van der Waals surface area (Å²) in [6.07, 6.45) is 8.46. The van der Waals surface area contributed by atoms with E-state index in [1.807, 2.05) is 10.6 Å². The molecule has 0 aliphatic heterocycles. The molecule has 0 spiro atoms. The van der Waals surface area contributed by atoms with E-state index < -0.39 is 0 Å². The summed E-state index contributed by atoms with van der Waals surface area (Å²) in [5.74, 6) is 0. The fourth-order valence-electron chi connectivity index (χ4n) is 1.32. The van der Waals surface area contributed by atoms with E-state index in [4.69, 9.17) is 0 Å². The highest BCUT2D eigenvalue weighted by atomic mass is 15.1. The van der Waals surface area contributed by atoms with Crippen molar-refractivity contribution in [2.45, 2.75) is 0 Å². The number of nitrogens with zero attached hydrogens (tertiary/aromatic N) is 5. The summed E-state index contributed by atoms with van der Waals surface area (Å²) in [6.45, 7) is 0. The zero-order chi connectivity index (χ0) is 8.67. The van der Waals surface area contributed by atoms with Gasteiger partial charge in [-0.1, -0.05) is 0 Å². The maximum Gasteiger partial charge on any atom is 0.167 e. The SMILES string of the molecule is c1ncc2c(n1)ncn1ccnc21. The van der Waals surface area contributed by atoms with Crippen molar-refractivity contribution >= 4 is 16.7 Å². The largest absolute Gasteiger partial charge is 0.290 e. The lowest BCUT2D eigenvalue weighted by molar-refractivity contribution is 1.08. The van der Waals surface area contributed by atoms with Crippen LogP contribution in [-0.2, 0) is 0 Å². The van der Waals surface area contributed by atoms with E-state index in [1.54, 1.807) is 18.7 Å². The van der Waals surface area contributed by atoms with Crippen LogP contribution >= 0.6 is 0 Å². The molecule has 0 saturated carbocycles. The monoisotopic (exact) mass is 171 g/mol. The second-order valence-corrected chi connectivity index (χ2v) is 2.66. The molecule has 13 heavy (non-hydrogen) atoms. The minimum Gasteiger partial charge on any atom is -0.290 e. The first-order chi connectivity index (χ1) is 6.45. The Hall–Kier alpha value is -2.04. The summed E-state index contributed by atoms with van der Waals surface area (Å²) < 4.78 is 1.84. The summed E-state index contributed by atoms with van der Waals surface area (Å²) in [7, 11) is 0. The third-order valence-corrected chi connectivity index (χ3v) is 1.91. The smallest absolute Gasteiger partial charge is 0.167 e. The van der Waals surface area contributed by atoms with Crippen LogP contribution in [0, 0.1) is 0 Å². The van der Waals surface area contributed by atoms with Crippen LogP contribution in [-0.4, -0.2) is 24.3 Å². The molecule has 0 bridgehead atoms. The Kier molecular flexibility index (Phi) is 1.11. The van der Waals surface area contributed by atoms with Gasteiger partial charge in [-0.25, -0.2) is 19.9 Å². The number of hydrogen-bond acceptors (Lipinski definition) is 4. The van der Waals surface area contributed by atoms with Gasteiger partial charge in [-0.15, -0.1) is 0 Å². The molecule has 3 rings (SSSR count). The molecule has 0 radical (unpaired) electrons. The average Bonchev–Trinajstić information content (AvgIpc) is 2.65. The van der Waals surface area contributed by atoms with Gasteiger partial charge in [0.05, 0.1) is 5.39 Å². The standard InChI is InChI=1S/C8H5N5/c1-2-13-5-12-7-6(8(13)10-1)3-9-4-11-7/h1-5H. The molecular formula is C8H5N5. The maximum atomic E-state index is 4.19. The Labute approximate surface area is 73.1 Å². The zero-order valence-electron chi connectivity index (χ0n) is 6.62. The Balaban J connectivity index is 2.65. The normalized spacial score (nSPS) is 11.1. The average molecular weight is 171 g/mol. The second kappa shape index (κ2) is 2.22. The number of imidazole rings is 1. The minimum absolute atomic E-state index is 0.675. The topological polar surface area (TPSA) is 56.0 Å². The molecule has 3 heterocycles. The Morgan fingerprint density at radius 1 is 1.15 bits per heavy atom. The first-order valence-electron chi connectivity index (χ1n) is 3.82. The number of rotatable bonds is 0. The van der Waals surface area contributed by atoms with Crippen molar-refractivity contribution in [3.05, 3.63) is 31.2 Å². The van der Waals surface area contributed by atoms with Gasteiger partial charge in [0.2, 0.25) is 0 Å². The van der Waals surface area contributed by atoms with E-state index in [0.717, 1.165) is 11.0 Å². The molecule has 5 heteroatoms. The van der Waals surface area contributed by atoms with Crippen LogP contribution in [0.3, 0.4) is 0 Å². The molecule has 0 fully saturated rings. The molecule has 0 N–H and O–H groups in total. The molecule has 0 aliphatic carbocycles. The van der Waals surface area contributed by atoms with Gasteiger partial charge in [0.15, 0.2) is 11.3 Å². The van der Waals surface area contributed by atoms with Crippen LogP contribution in [0.4, 0.5) is 0 Å². The zero-order valence-corrected chi connectivity index (χ0v) is 6.62. The van der Waals surface area contributed by atoms with Crippen molar-refractivity contribution in [2.75, 3.05) is 0 Å². The Morgan fingerprint density at radius 2 is 2.15 bits per heavy atom. The van der Waals surface area contributed by atoms with Crippen molar-refractivity contribution in [1.82, 2.24) is 24.3 Å². The van der Waals surface area contributed by atoms with Crippen molar-refractivity contribution in [2.24, 2.45) is 0 Å². The summed E-state index contributed by atoms with van der Waals surface area (Å²) >= 11 is 0. The van der Waals surface area contributed by atoms with Crippen LogP contribution < -0.4 is 0 Å². The highest BCUT2D eigenvalue weighted by Crippen LogP contribution is 2.11. The minimum atomic E-state index is 0.675. The summed E-state index contributed by atoms with van der Waals surface area (Å²) in [5.41, 5.74) is 1.51. The summed E-state index contributed by atoms with van der Waals surface area (Å²) in [5, 5.41) is 0.870. The van der Waals surface area contributed by atoms with Crippen molar-refractivity contribution in [1.29, 1.82) is 0 Å². The highest BCUT2D eigenvalue weighted by Gasteiger charge is 2.01. The predicted molar refractivity (Wildman–Crippen MR) is 46.1 cm³/mol. The molecular weight excluding hydrogens is 166 g/mol. The molecule has 0 unspecified atom stereocenters. The van der Waals surface area contributed by atoms with Crippen LogP contribution in [0.1, 0.15) is 0 Å². The number of aromatic nitrogens is 5. The van der Waals surface area contributed by atoms with E-state index in [0.29, 0.717) is 5.65 Å². The van der Waals surface area contributed by atoms with Crippen LogP contribution in [0.25, 0.3) is 16.7 Å². The molecule has 3 aromatic heterocycles. The van der Waals surface area contributed by atoms with Gasteiger partial charge in [0.25, 0.3) is 0 Å². The summed E-state index contributed by atoms with van der Waals surface area (Å²) in [4.78, 5) is 16.3. The molecule has 0 saturated heterocycles. The van der Waals surface area contributed by atoms with Gasteiger partial charge >= 0.3 is 0 Å². The number of fused-ring (bicyclic) bond motifs is 3. The lowest BCUT2D eigenvalue weighted by atomic mass is 10.4. The van der Waals surface area contributed by atoms with E-state index in [2.05, 4.69) is 19.9 Å².